The monoisotopic (exact) mass is 439 g/mol. The lowest BCUT2D eigenvalue weighted by atomic mass is 10.1. The van der Waals surface area contributed by atoms with E-state index in [-0.39, 0.29) is 15.9 Å². The van der Waals surface area contributed by atoms with Crippen molar-refractivity contribution in [2.45, 2.75) is 76.0 Å². The molecular formula is C21H33N3O3S2. The van der Waals surface area contributed by atoms with Gasteiger partial charge in [-0.05, 0) is 55.7 Å². The Balaban J connectivity index is 1.83. The van der Waals surface area contributed by atoms with Crippen molar-refractivity contribution >= 4 is 38.9 Å². The van der Waals surface area contributed by atoms with Crippen LogP contribution in [-0.4, -0.2) is 36.8 Å². The van der Waals surface area contributed by atoms with Crippen LogP contribution in [0.15, 0.2) is 29.2 Å². The summed E-state index contributed by atoms with van der Waals surface area (Å²) in [7, 11) is -3.46. The highest BCUT2D eigenvalue weighted by atomic mass is 32.2. The van der Waals surface area contributed by atoms with Crippen molar-refractivity contribution in [3.63, 3.8) is 0 Å². The van der Waals surface area contributed by atoms with E-state index in [1.807, 2.05) is 0 Å². The Morgan fingerprint density at radius 1 is 1.00 bits per heavy atom. The Morgan fingerprint density at radius 3 is 2.24 bits per heavy atom. The third kappa shape index (κ3) is 8.03. The molecule has 1 amide bonds. The molecular weight excluding hydrogens is 406 g/mol. The summed E-state index contributed by atoms with van der Waals surface area (Å²) in [6.07, 6.45) is 9.87. The van der Waals surface area contributed by atoms with Crippen LogP contribution in [0, 0.1) is 0 Å². The van der Waals surface area contributed by atoms with Crippen LogP contribution in [0.3, 0.4) is 0 Å². The Labute approximate surface area is 180 Å². The van der Waals surface area contributed by atoms with Crippen LogP contribution in [0.25, 0.3) is 0 Å². The van der Waals surface area contributed by atoms with E-state index >= 15 is 0 Å². The third-order valence-electron chi connectivity index (χ3n) is 5.08. The summed E-state index contributed by atoms with van der Waals surface area (Å²) in [5.74, 6) is -0.0978. The second-order valence-electron chi connectivity index (χ2n) is 7.51. The molecule has 1 aliphatic heterocycles. The number of unbranched alkanes of at least 4 members (excludes halogenated alkanes) is 4. The molecule has 0 bridgehead atoms. The number of nitrogens with one attached hydrogen (secondary N) is 2. The number of hydrogen-bond acceptors (Lipinski definition) is 4. The highest BCUT2D eigenvalue weighted by Crippen LogP contribution is 2.21. The zero-order valence-corrected chi connectivity index (χ0v) is 18.9. The molecule has 0 aromatic heterocycles. The molecule has 0 spiro atoms. The summed E-state index contributed by atoms with van der Waals surface area (Å²) in [4.78, 5) is 12.2. The number of carbonyl (C=O) groups excluding carboxylic acids is 1. The Bertz CT molecular complexity index is 756. The largest absolute Gasteiger partial charge is 0.332 e. The molecule has 6 nitrogen and oxygen atoms in total. The van der Waals surface area contributed by atoms with Gasteiger partial charge in [0.1, 0.15) is 0 Å². The molecule has 2 N–H and O–H groups in total. The highest BCUT2D eigenvalue weighted by Gasteiger charge is 2.24. The van der Waals surface area contributed by atoms with Crippen molar-refractivity contribution in [1.82, 2.24) is 9.62 Å². The van der Waals surface area contributed by atoms with Gasteiger partial charge in [0.15, 0.2) is 5.11 Å². The molecule has 1 heterocycles. The fourth-order valence-corrected chi connectivity index (χ4v) is 5.13. The van der Waals surface area contributed by atoms with E-state index in [0.29, 0.717) is 25.2 Å². The fraction of sp³-hybridized carbons (Fsp3) is 0.619. The van der Waals surface area contributed by atoms with Gasteiger partial charge in [-0.25, -0.2) is 8.42 Å². The molecule has 2 rings (SSSR count). The van der Waals surface area contributed by atoms with Crippen molar-refractivity contribution < 1.29 is 13.2 Å². The highest BCUT2D eigenvalue weighted by molar-refractivity contribution is 7.89. The van der Waals surface area contributed by atoms with Crippen molar-refractivity contribution in [2.24, 2.45) is 0 Å². The smallest absolute Gasteiger partial charge is 0.243 e. The van der Waals surface area contributed by atoms with Gasteiger partial charge in [-0.1, -0.05) is 45.4 Å². The van der Waals surface area contributed by atoms with Gasteiger partial charge >= 0.3 is 0 Å². The van der Waals surface area contributed by atoms with E-state index < -0.39 is 10.0 Å². The number of sulfonamides is 1. The molecule has 1 aromatic carbocycles. The van der Waals surface area contributed by atoms with Crippen molar-refractivity contribution in [2.75, 3.05) is 18.4 Å². The van der Waals surface area contributed by atoms with Crippen LogP contribution in [0.2, 0.25) is 0 Å². The van der Waals surface area contributed by atoms with Gasteiger partial charge in [0, 0.05) is 25.2 Å². The van der Waals surface area contributed by atoms with Crippen LogP contribution >= 0.6 is 12.2 Å². The molecule has 1 aromatic rings. The minimum Gasteiger partial charge on any atom is -0.332 e. The fourth-order valence-electron chi connectivity index (χ4n) is 3.38. The van der Waals surface area contributed by atoms with E-state index in [1.54, 1.807) is 28.6 Å². The van der Waals surface area contributed by atoms with Crippen LogP contribution in [0.4, 0.5) is 5.69 Å². The zero-order valence-electron chi connectivity index (χ0n) is 17.3. The Hall–Kier alpha value is -1.51. The lowest BCUT2D eigenvalue weighted by molar-refractivity contribution is -0.119. The number of anilines is 1. The molecule has 0 aliphatic carbocycles. The molecule has 29 heavy (non-hydrogen) atoms. The molecule has 8 heteroatoms. The maximum atomic E-state index is 12.8. The molecule has 1 aliphatic rings. The van der Waals surface area contributed by atoms with Crippen molar-refractivity contribution in [3.05, 3.63) is 24.3 Å². The summed E-state index contributed by atoms with van der Waals surface area (Å²) < 4.78 is 27.2. The summed E-state index contributed by atoms with van der Waals surface area (Å²) >= 11 is 5.19. The summed E-state index contributed by atoms with van der Waals surface area (Å²) in [6.45, 7) is 3.32. The minimum atomic E-state index is -3.46. The Morgan fingerprint density at radius 2 is 1.62 bits per heavy atom. The summed E-state index contributed by atoms with van der Waals surface area (Å²) in [5, 5.41) is 5.85. The molecule has 0 atom stereocenters. The molecule has 0 unspecified atom stereocenters. The average molecular weight is 440 g/mol. The number of benzene rings is 1. The quantitative estimate of drug-likeness (QED) is 0.440. The first-order valence-electron chi connectivity index (χ1n) is 10.6. The predicted octanol–water partition coefficient (Wildman–Crippen LogP) is 4.42. The van der Waals surface area contributed by atoms with Crippen LogP contribution in [0.1, 0.15) is 71.1 Å². The molecule has 0 saturated carbocycles. The predicted molar refractivity (Wildman–Crippen MR) is 121 cm³/mol. The standard InChI is InChI=1S/C21H33N3O3S2/c1-2-3-4-5-8-11-20(25)23-21(28)22-18-12-14-19(15-13-18)29(26,27)24-16-9-6-7-10-17-24/h12-15H,2-11,16-17H2,1H3,(H2,22,23,25,28). The van der Waals surface area contributed by atoms with Gasteiger partial charge in [0.05, 0.1) is 4.90 Å². The maximum Gasteiger partial charge on any atom is 0.243 e. The van der Waals surface area contributed by atoms with Crippen LogP contribution in [0.5, 0.6) is 0 Å². The van der Waals surface area contributed by atoms with Gasteiger partial charge in [-0.2, -0.15) is 4.31 Å². The topological polar surface area (TPSA) is 78.5 Å². The third-order valence-corrected chi connectivity index (χ3v) is 7.19. The van der Waals surface area contributed by atoms with E-state index in [0.717, 1.165) is 44.9 Å². The number of nitrogens with zero attached hydrogens (tertiary/aromatic N) is 1. The van der Waals surface area contributed by atoms with Crippen molar-refractivity contribution in [1.29, 1.82) is 0 Å². The minimum absolute atomic E-state index is 0.0978. The van der Waals surface area contributed by atoms with Crippen molar-refractivity contribution in [3.8, 4) is 0 Å². The van der Waals surface area contributed by atoms with Crippen LogP contribution < -0.4 is 10.6 Å². The number of rotatable bonds is 9. The first kappa shape index (κ1) is 23.8. The second-order valence-corrected chi connectivity index (χ2v) is 9.86. The van der Waals surface area contributed by atoms with Crippen LogP contribution in [-0.2, 0) is 14.8 Å². The lowest BCUT2D eigenvalue weighted by Crippen LogP contribution is -2.34. The van der Waals surface area contributed by atoms with Gasteiger partial charge in [0.25, 0.3) is 0 Å². The number of thiocarbonyl (C=S) groups is 1. The van der Waals surface area contributed by atoms with Gasteiger partial charge in [0.2, 0.25) is 15.9 Å². The molecule has 0 radical (unpaired) electrons. The van der Waals surface area contributed by atoms with E-state index in [4.69, 9.17) is 12.2 Å². The molecule has 1 fully saturated rings. The normalized spacial score (nSPS) is 15.5. The van der Waals surface area contributed by atoms with E-state index in [2.05, 4.69) is 17.6 Å². The second kappa shape index (κ2) is 12.2. The first-order chi connectivity index (χ1) is 13.9. The molecule has 1 saturated heterocycles. The first-order valence-corrected chi connectivity index (χ1v) is 12.5. The Kier molecular flexibility index (Phi) is 10.0. The summed E-state index contributed by atoms with van der Waals surface area (Å²) in [6, 6.07) is 6.52. The maximum absolute atomic E-state index is 12.8. The SMILES string of the molecule is CCCCCCCC(=O)NC(=S)Nc1ccc(S(=O)(=O)N2CCCCCC2)cc1. The van der Waals surface area contributed by atoms with E-state index in [9.17, 15) is 13.2 Å². The summed E-state index contributed by atoms with van der Waals surface area (Å²) in [5.41, 5.74) is 0.646. The zero-order chi connectivity index (χ0) is 21.1. The van der Waals surface area contributed by atoms with Gasteiger partial charge in [-0.15, -0.1) is 0 Å². The molecule has 162 valence electrons. The number of carbonyl (C=O) groups is 1. The lowest BCUT2D eigenvalue weighted by Gasteiger charge is -2.20. The van der Waals surface area contributed by atoms with Gasteiger partial charge < -0.3 is 10.6 Å². The number of hydrogen-bond donors (Lipinski definition) is 2. The van der Waals surface area contributed by atoms with Gasteiger partial charge in [-0.3, -0.25) is 4.79 Å². The number of amides is 1. The van der Waals surface area contributed by atoms with E-state index in [1.165, 1.54) is 12.8 Å². The average Bonchev–Trinajstić information content (AvgIpc) is 2.98.